The zero-order chi connectivity index (χ0) is 12.5. The number of hydrogen-bond acceptors (Lipinski definition) is 2. The topological polar surface area (TPSA) is 16.1 Å². The van der Waals surface area contributed by atoms with Crippen LogP contribution in [0.1, 0.15) is 23.4 Å². The van der Waals surface area contributed by atoms with Gasteiger partial charge in [0.15, 0.2) is 0 Å². The maximum Gasteiger partial charge on any atom is 0.390 e. The lowest BCUT2D eigenvalue weighted by Gasteiger charge is -2.28. The highest BCUT2D eigenvalue weighted by Crippen LogP contribution is 2.22. The normalized spacial score (nSPS) is 16.9. The molecule has 0 saturated heterocycles. The van der Waals surface area contributed by atoms with Crippen molar-refractivity contribution in [2.45, 2.75) is 32.5 Å². The van der Waals surface area contributed by atoms with E-state index in [1.165, 1.54) is 0 Å². The first-order valence-electron chi connectivity index (χ1n) is 5.68. The monoisotopic (exact) mass is 244 g/mol. The van der Waals surface area contributed by atoms with Gasteiger partial charge in [-0.3, -0.25) is 9.88 Å². The van der Waals surface area contributed by atoms with Crippen LogP contribution in [0.4, 0.5) is 13.2 Å². The molecule has 0 N–H and O–H groups in total. The van der Waals surface area contributed by atoms with E-state index in [-0.39, 0.29) is 6.54 Å². The minimum atomic E-state index is -4.06. The zero-order valence-electron chi connectivity index (χ0n) is 9.72. The van der Waals surface area contributed by atoms with Gasteiger partial charge < -0.3 is 0 Å². The Labute approximate surface area is 98.5 Å². The van der Waals surface area contributed by atoms with Gasteiger partial charge in [0.2, 0.25) is 0 Å². The van der Waals surface area contributed by atoms with E-state index in [4.69, 9.17) is 0 Å². The number of alkyl halides is 3. The van der Waals surface area contributed by atoms with Crippen LogP contribution in [-0.4, -0.2) is 29.1 Å². The Kier molecular flexibility index (Phi) is 3.38. The van der Waals surface area contributed by atoms with E-state index in [1.54, 1.807) is 0 Å². The maximum atomic E-state index is 12.1. The third-order valence-electron chi connectivity index (χ3n) is 2.98. The van der Waals surface area contributed by atoms with Crippen LogP contribution in [0.15, 0.2) is 12.1 Å². The third-order valence-corrected chi connectivity index (χ3v) is 2.98. The van der Waals surface area contributed by atoms with E-state index in [0.29, 0.717) is 13.1 Å². The van der Waals surface area contributed by atoms with Crippen LogP contribution in [0.25, 0.3) is 0 Å². The van der Waals surface area contributed by atoms with Crippen molar-refractivity contribution in [1.29, 1.82) is 0 Å². The fraction of sp³-hybridized carbons (Fsp3) is 0.583. The summed E-state index contributed by atoms with van der Waals surface area (Å²) in [7, 11) is 0. The Morgan fingerprint density at radius 1 is 1.35 bits per heavy atom. The first-order valence-corrected chi connectivity index (χ1v) is 5.68. The quantitative estimate of drug-likeness (QED) is 0.795. The molecule has 2 heterocycles. The molecule has 0 bridgehead atoms. The predicted octanol–water partition coefficient (Wildman–Crippen LogP) is 2.70. The summed E-state index contributed by atoms with van der Waals surface area (Å²) in [5, 5.41) is 0. The minimum absolute atomic E-state index is 0.0802. The molecule has 1 aliphatic rings. The Balaban J connectivity index is 1.97. The van der Waals surface area contributed by atoms with Crippen molar-refractivity contribution < 1.29 is 13.2 Å². The first kappa shape index (κ1) is 12.4. The van der Waals surface area contributed by atoms with Gasteiger partial charge in [0.25, 0.3) is 0 Å². The SMILES string of the molecule is Cc1ccc2c(n1)CCN(CCC(F)(F)F)C2. The van der Waals surface area contributed by atoms with Gasteiger partial charge in [-0.1, -0.05) is 6.07 Å². The molecule has 5 heteroatoms. The second-order valence-corrected chi connectivity index (χ2v) is 4.45. The Hall–Kier alpha value is -1.10. The van der Waals surface area contributed by atoms with Crippen LogP contribution in [0.5, 0.6) is 0 Å². The van der Waals surface area contributed by atoms with Crippen molar-refractivity contribution in [2.75, 3.05) is 13.1 Å². The van der Waals surface area contributed by atoms with Crippen LogP contribution < -0.4 is 0 Å². The van der Waals surface area contributed by atoms with Crippen molar-refractivity contribution in [3.05, 3.63) is 29.1 Å². The predicted molar refractivity (Wildman–Crippen MR) is 58.6 cm³/mol. The summed E-state index contributed by atoms with van der Waals surface area (Å²) in [5.41, 5.74) is 3.06. The molecular formula is C12H15F3N2. The van der Waals surface area contributed by atoms with Gasteiger partial charge in [-0.05, 0) is 18.6 Å². The van der Waals surface area contributed by atoms with E-state index in [2.05, 4.69) is 4.98 Å². The van der Waals surface area contributed by atoms with Crippen LogP contribution in [0.2, 0.25) is 0 Å². The molecular weight excluding hydrogens is 229 g/mol. The number of nitrogens with zero attached hydrogens (tertiary/aromatic N) is 2. The molecule has 2 nitrogen and oxygen atoms in total. The Morgan fingerprint density at radius 3 is 2.82 bits per heavy atom. The largest absolute Gasteiger partial charge is 0.390 e. The van der Waals surface area contributed by atoms with E-state index in [9.17, 15) is 13.2 Å². The highest BCUT2D eigenvalue weighted by Gasteiger charge is 2.28. The van der Waals surface area contributed by atoms with Gasteiger partial charge >= 0.3 is 6.18 Å². The summed E-state index contributed by atoms with van der Waals surface area (Å²) in [6, 6.07) is 3.88. The lowest BCUT2D eigenvalue weighted by atomic mass is 10.0. The molecule has 0 radical (unpaired) electrons. The fourth-order valence-electron chi connectivity index (χ4n) is 2.06. The second-order valence-electron chi connectivity index (χ2n) is 4.45. The Bertz CT molecular complexity index is 401. The number of pyridine rings is 1. The van der Waals surface area contributed by atoms with Gasteiger partial charge in [0.05, 0.1) is 6.42 Å². The van der Waals surface area contributed by atoms with Crippen LogP contribution in [-0.2, 0) is 13.0 Å². The minimum Gasteiger partial charge on any atom is -0.298 e. The van der Waals surface area contributed by atoms with Gasteiger partial charge in [0, 0.05) is 37.4 Å². The third kappa shape index (κ3) is 3.43. The first-order chi connectivity index (χ1) is 7.94. The van der Waals surface area contributed by atoms with Crippen molar-refractivity contribution in [1.82, 2.24) is 9.88 Å². The van der Waals surface area contributed by atoms with E-state index in [1.807, 2.05) is 24.0 Å². The zero-order valence-corrected chi connectivity index (χ0v) is 9.72. The molecule has 0 saturated carbocycles. The fourth-order valence-corrected chi connectivity index (χ4v) is 2.06. The molecule has 0 aromatic carbocycles. The second kappa shape index (κ2) is 4.64. The highest BCUT2D eigenvalue weighted by atomic mass is 19.4. The number of hydrogen-bond donors (Lipinski definition) is 0. The lowest BCUT2D eigenvalue weighted by molar-refractivity contribution is -0.138. The van der Waals surface area contributed by atoms with E-state index in [0.717, 1.165) is 23.4 Å². The van der Waals surface area contributed by atoms with Crippen LogP contribution in [0.3, 0.4) is 0 Å². The van der Waals surface area contributed by atoms with Gasteiger partial charge in [-0.25, -0.2) is 0 Å². The highest BCUT2D eigenvalue weighted by molar-refractivity contribution is 5.24. The summed E-state index contributed by atoms with van der Waals surface area (Å²) >= 11 is 0. The molecule has 0 unspecified atom stereocenters. The summed E-state index contributed by atoms with van der Waals surface area (Å²) < 4.78 is 36.4. The average molecular weight is 244 g/mol. The molecule has 17 heavy (non-hydrogen) atoms. The van der Waals surface area contributed by atoms with Gasteiger partial charge in [0.1, 0.15) is 0 Å². The molecule has 0 fully saturated rings. The van der Waals surface area contributed by atoms with Gasteiger partial charge in [-0.15, -0.1) is 0 Å². The van der Waals surface area contributed by atoms with E-state index < -0.39 is 12.6 Å². The van der Waals surface area contributed by atoms with Crippen molar-refractivity contribution in [3.8, 4) is 0 Å². The number of aryl methyl sites for hydroxylation is 1. The molecule has 0 aliphatic carbocycles. The van der Waals surface area contributed by atoms with E-state index >= 15 is 0 Å². The molecule has 1 aromatic heterocycles. The average Bonchev–Trinajstić information content (AvgIpc) is 2.25. The summed E-state index contributed by atoms with van der Waals surface area (Å²) in [4.78, 5) is 6.25. The molecule has 0 spiro atoms. The Morgan fingerprint density at radius 2 is 2.12 bits per heavy atom. The molecule has 2 rings (SSSR count). The standard InChI is InChI=1S/C12H15F3N2/c1-9-2-3-10-8-17(6-4-11(10)16-9)7-5-12(13,14)15/h2-3H,4-8H2,1H3. The van der Waals surface area contributed by atoms with Crippen LogP contribution in [0, 0.1) is 6.92 Å². The van der Waals surface area contributed by atoms with Crippen molar-refractivity contribution in [3.63, 3.8) is 0 Å². The lowest BCUT2D eigenvalue weighted by Crippen LogP contribution is -2.33. The summed E-state index contributed by atoms with van der Waals surface area (Å²) in [5.74, 6) is 0. The molecule has 1 aromatic rings. The molecule has 1 aliphatic heterocycles. The number of rotatable bonds is 2. The number of halogens is 3. The molecule has 0 amide bonds. The number of fused-ring (bicyclic) bond motifs is 1. The van der Waals surface area contributed by atoms with Crippen molar-refractivity contribution in [2.24, 2.45) is 0 Å². The van der Waals surface area contributed by atoms with Crippen LogP contribution >= 0.6 is 0 Å². The van der Waals surface area contributed by atoms with Crippen molar-refractivity contribution >= 4 is 0 Å². The molecule has 0 atom stereocenters. The maximum absolute atomic E-state index is 12.1. The number of aromatic nitrogens is 1. The molecule has 94 valence electrons. The summed E-state index contributed by atoms with van der Waals surface area (Å²) in [6.45, 7) is 3.26. The van der Waals surface area contributed by atoms with Gasteiger partial charge in [-0.2, -0.15) is 13.2 Å². The smallest absolute Gasteiger partial charge is 0.298 e. The summed E-state index contributed by atoms with van der Waals surface area (Å²) in [6.07, 6.45) is -4.05.